The summed E-state index contributed by atoms with van der Waals surface area (Å²) in [5, 5.41) is 6.72. The molecule has 178 valence electrons. The Morgan fingerprint density at radius 1 is 1.09 bits per heavy atom. The van der Waals surface area contributed by atoms with E-state index >= 15 is 0 Å². The Morgan fingerprint density at radius 2 is 1.88 bits per heavy atom. The first-order chi connectivity index (χ1) is 16.5. The lowest BCUT2D eigenvalue weighted by atomic mass is 9.88. The minimum absolute atomic E-state index is 0.0163. The lowest BCUT2D eigenvalue weighted by molar-refractivity contribution is -0.116. The van der Waals surface area contributed by atoms with Crippen LogP contribution in [0.3, 0.4) is 0 Å². The number of carbonyl (C=O) groups is 1. The average molecular weight is 485 g/mol. The molecule has 2 atom stereocenters. The molecule has 3 aromatic carbocycles. The van der Waals surface area contributed by atoms with Gasteiger partial charge in [-0.2, -0.15) is 0 Å². The number of rotatable bonds is 8. The van der Waals surface area contributed by atoms with E-state index in [1.165, 1.54) is 18.2 Å². The van der Waals surface area contributed by atoms with E-state index in [0.29, 0.717) is 35.7 Å². The highest BCUT2D eigenvalue weighted by Crippen LogP contribution is 2.31. The molecule has 2 N–H and O–H groups in total. The van der Waals surface area contributed by atoms with Crippen LogP contribution in [0.5, 0.6) is 0 Å². The van der Waals surface area contributed by atoms with Gasteiger partial charge in [0.05, 0.1) is 12.7 Å². The number of nitrogens with one attached hydrogen (secondary N) is 2. The Balaban J connectivity index is 1.51. The van der Waals surface area contributed by atoms with Gasteiger partial charge in [-0.15, -0.1) is 0 Å². The predicted octanol–water partition coefficient (Wildman–Crippen LogP) is 5.70. The number of anilines is 1. The van der Waals surface area contributed by atoms with Crippen LogP contribution in [0.15, 0.2) is 66.7 Å². The van der Waals surface area contributed by atoms with Crippen LogP contribution in [0.25, 0.3) is 0 Å². The zero-order valence-corrected chi connectivity index (χ0v) is 19.5. The van der Waals surface area contributed by atoms with E-state index < -0.39 is 0 Å². The molecule has 4 rings (SSSR count). The Bertz CT molecular complexity index is 1120. The molecule has 1 saturated heterocycles. The van der Waals surface area contributed by atoms with E-state index in [1.807, 2.05) is 12.1 Å². The van der Waals surface area contributed by atoms with Crippen LogP contribution in [-0.4, -0.2) is 31.7 Å². The van der Waals surface area contributed by atoms with Crippen molar-refractivity contribution in [2.75, 3.05) is 25.0 Å². The first-order valence-electron chi connectivity index (χ1n) is 11.4. The normalized spacial score (nSPS) is 16.7. The van der Waals surface area contributed by atoms with Crippen molar-refractivity contribution in [3.8, 4) is 0 Å². The van der Waals surface area contributed by atoms with Crippen LogP contribution in [0.1, 0.15) is 35.4 Å². The summed E-state index contributed by atoms with van der Waals surface area (Å²) < 4.78 is 33.9. The zero-order valence-electron chi connectivity index (χ0n) is 18.7. The van der Waals surface area contributed by atoms with Crippen LogP contribution >= 0.6 is 11.6 Å². The molecule has 3 aromatic rings. The molecule has 0 spiro atoms. The summed E-state index contributed by atoms with van der Waals surface area (Å²) in [7, 11) is 0. The smallest absolute Gasteiger partial charge is 0.225 e. The van der Waals surface area contributed by atoms with Crippen molar-refractivity contribution < 1.29 is 18.3 Å². The van der Waals surface area contributed by atoms with Crippen LogP contribution < -0.4 is 10.6 Å². The van der Waals surface area contributed by atoms with Crippen molar-refractivity contribution in [2.24, 2.45) is 0 Å². The van der Waals surface area contributed by atoms with Gasteiger partial charge in [0.25, 0.3) is 0 Å². The van der Waals surface area contributed by atoms with Crippen molar-refractivity contribution in [1.82, 2.24) is 5.32 Å². The summed E-state index contributed by atoms with van der Waals surface area (Å²) in [5.41, 5.74) is 2.56. The lowest BCUT2D eigenvalue weighted by Crippen LogP contribution is -2.38. The van der Waals surface area contributed by atoms with Crippen LogP contribution in [0.4, 0.5) is 14.5 Å². The monoisotopic (exact) mass is 484 g/mol. The maximum Gasteiger partial charge on any atom is 0.225 e. The fourth-order valence-electron chi connectivity index (χ4n) is 4.27. The summed E-state index contributed by atoms with van der Waals surface area (Å²) in [6, 6.07) is 18.0. The molecule has 0 bridgehead atoms. The van der Waals surface area contributed by atoms with Crippen LogP contribution in [0, 0.1) is 11.6 Å². The number of carbonyl (C=O) groups excluding carboxylic acids is 1. The molecular weight excluding hydrogens is 458 g/mol. The quantitative estimate of drug-likeness (QED) is 0.431. The summed E-state index contributed by atoms with van der Waals surface area (Å²) in [5.74, 6) is -1.30. The standard InChI is InChI=1S/C27H27ClF2N2O2/c28-20-4-1-3-19(15-20)24(18-7-9-21(29)10-8-18)16-27(33)32-26-6-2-5-25(30)23(26)12-11-22-17-31-13-14-34-22/h1-10,15,22,24,31H,11-14,16-17H2,(H,32,33). The first kappa shape index (κ1) is 24.3. The van der Waals surface area contributed by atoms with Crippen molar-refractivity contribution >= 4 is 23.2 Å². The van der Waals surface area contributed by atoms with Gasteiger partial charge in [0.15, 0.2) is 0 Å². The first-order valence-corrected chi connectivity index (χ1v) is 11.8. The lowest BCUT2D eigenvalue weighted by Gasteiger charge is -2.24. The minimum Gasteiger partial charge on any atom is -0.376 e. The SMILES string of the molecule is O=C(CC(c1ccc(F)cc1)c1cccc(Cl)c1)Nc1cccc(F)c1CCC1CNCCO1. The van der Waals surface area contributed by atoms with Gasteiger partial charge >= 0.3 is 0 Å². The Morgan fingerprint density at radius 3 is 2.62 bits per heavy atom. The predicted molar refractivity (Wildman–Crippen MR) is 130 cm³/mol. The topological polar surface area (TPSA) is 50.4 Å². The second-order valence-corrected chi connectivity index (χ2v) is 8.85. The molecule has 1 amide bonds. The number of benzene rings is 3. The number of halogens is 3. The number of amides is 1. The Labute approximate surface area is 203 Å². The summed E-state index contributed by atoms with van der Waals surface area (Å²) in [6.45, 7) is 2.19. The number of hydrogen-bond donors (Lipinski definition) is 2. The molecule has 0 aliphatic carbocycles. The molecule has 0 aromatic heterocycles. The molecule has 4 nitrogen and oxygen atoms in total. The second kappa shape index (κ2) is 11.6. The molecule has 7 heteroatoms. The zero-order chi connectivity index (χ0) is 23.9. The van der Waals surface area contributed by atoms with E-state index in [-0.39, 0.29) is 36.0 Å². The molecular formula is C27H27ClF2N2O2. The van der Waals surface area contributed by atoms with Gasteiger partial charge in [0.1, 0.15) is 11.6 Å². The van der Waals surface area contributed by atoms with Gasteiger partial charge in [0.2, 0.25) is 5.91 Å². The molecule has 0 saturated carbocycles. The summed E-state index contributed by atoms with van der Waals surface area (Å²) >= 11 is 6.19. The molecule has 1 aliphatic rings. The van der Waals surface area contributed by atoms with Crippen LogP contribution in [-0.2, 0) is 16.0 Å². The van der Waals surface area contributed by atoms with E-state index in [0.717, 1.165) is 24.2 Å². The molecule has 0 radical (unpaired) electrons. The van der Waals surface area contributed by atoms with Gasteiger partial charge in [-0.05, 0) is 60.4 Å². The Hall–Kier alpha value is -2.80. The molecule has 1 heterocycles. The van der Waals surface area contributed by atoms with Crippen molar-refractivity contribution in [3.05, 3.63) is 100 Å². The van der Waals surface area contributed by atoms with Gasteiger partial charge < -0.3 is 15.4 Å². The highest BCUT2D eigenvalue weighted by Gasteiger charge is 2.21. The van der Waals surface area contributed by atoms with Crippen LogP contribution in [0.2, 0.25) is 5.02 Å². The Kier molecular flexibility index (Phi) is 8.27. The fourth-order valence-corrected chi connectivity index (χ4v) is 4.47. The van der Waals surface area contributed by atoms with E-state index in [9.17, 15) is 13.6 Å². The second-order valence-electron chi connectivity index (χ2n) is 8.41. The van der Waals surface area contributed by atoms with E-state index in [1.54, 1.807) is 36.4 Å². The van der Waals surface area contributed by atoms with Gasteiger partial charge in [-0.1, -0.05) is 41.9 Å². The van der Waals surface area contributed by atoms with Gasteiger partial charge in [-0.3, -0.25) is 4.79 Å². The molecule has 1 aliphatic heterocycles. The minimum atomic E-state index is -0.355. The molecule has 1 fully saturated rings. The largest absolute Gasteiger partial charge is 0.376 e. The van der Waals surface area contributed by atoms with Gasteiger partial charge in [-0.25, -0.2) is 8.78 Å². The van der Waals surface area contributed by atoms with Crippen molar-refractivity contribution in [3.63, 3.8) is 0 Å². The third-order valence-electron chi connectivity index (χ3n) is 6.03. The van der Waals surface area contributed by atoms with E-state index in [4.69, 9.17) is 16.3 Å². The summed E-state index contributed by atoms with van der Waals surface area (Å²) in [4.78, 5) is 13.1. The summed E-state index contributed by atoms with van der Waals surface area (Å²) in [6.07, 6.45) is 1.21. The van der Waals surface area contributed by atoms with Crippen molar-refractivity contribution in [2.45, 2.75) is 31.3 Å². The number of ether oxygens (including phenoxy) is 1. The molecule has 34 heavy (non-hydrogen) atoms. The van der Waals surface area contributed by atoms with E-state index in [2.05, 4.69) is 10.6 Å². The van der Waals surface area contributed by atoms with Gasteiger partial charge in [0, 0.05) is 41.7 Å². The number of hydrogen-bond acceptors (Lipinski definition) is 3. The average Bonchev–Trinajstić information content (AvgIpc) is 2.83. The molecule has 2 unspecified atom stereocenters. The fraction of sp³-hybridized carbons (Fsp3) is 0.296. The number of morpholine rings is 1. The third kappa shape index (κ3) is 6.41. The van der Waals surface area contributed by atoms with Crippen molar-refractivity contribution in [1.29, 1.82) is 0 Å². The maximum atomic E-state index is 14.7. The maximum absolute atomic E-state index is 14.7. The third-order valence-corrected chi connectivity index (χ3v) is 6.26. The highest BCUT2D eigenvalue weighted by atomic mass is 35.5. The highest BCUT2D eigenvalue weighted by molar-refractivity contribution is 6.30.